The van der Waals surface area contributed by atoms with Crippen LogP contribution in [0.1, 0.15) is 13.8 Å². The molecule has 0 aliphatic heterocycles. The molecule has 0 radical (unpaired) electrons. The van der Waals surface area contributed by atoms with Crippen LogP contribution in [-0.4, -0.2) is 24.2 Å². The summed E-state index contributed by atoms with van der Waals surface area (Å²) >= 11 is 9.06. The monoisotopic (exact) mass is 336 g/mol. The first kappa shape index (κ1) is 15.2. The number of hydrogen-bond donors (Lipinski definition) is 1. The third-order valence-electron chi connectivity index (χ3n) is 2.12. The Morgan fingerprint density at radius 3 is 2.78 bits per heavy atom. The van der Waals surface area contributed by atoms with Gasteiger partial charge in [-0.3, -0.25) is 10.1 Å². The summed E-state index contributed by atoms with van der Waals surface area (Å²) in [7, 11) is 0. The number of ether oxygens (including phenoxy) is 1. The minimum atomic E-state index is -0.501. The second kappa shape index (κ2) is 6.92. The van der Waals surface area contributed by atoms with E-state index in [4.69, 9.17) is 16.3 Å². The van der Waals surface area contributed by atoms with E-state index in [1.807, 2.05) is 13.8 Å². The molecule has 0 amide bonds. The van der Waals surface area contributed by atoms with Crippen LogP contribution in [0.2, 0.25) is 5.02 Å². The van der Waals surface area contributed by atoms with Crippen LogP contribution in [0.5, 0.6) is 0 Å². The van der Waals surface area contributed by atoms with Gasteiger partial charge in [-0.05, 0) is 41.9 Å². The van der Waals surface area contributed by atoms with Gasteiger partial charge in [0.25, 0.3) is 0 Å². The van der Waals surface area contributed by atoms with E-state index in [-0.39, 0.29) is 16.8 Å². The fourth-order valence-corrected chi connectivity index (χ4v) is 1.90. The van der Waals surface area contributed by atoms with Crippen LogP contribution in [0, 0.1) is 10.1 Å². The van der Waals surface area contributed by atoms with Crippen LogP contribution in [-0.2, 0) is 4.74 Å². The number of nitrogens with zero attached hydrogens (tertiary/aromatic N) is 1. The highest BCUT2D eigenvalue weighted by Crippen LogP contribution is 2.37. The minimum absolute atomic E-state index is 0.0924. The van der Waals surface area contributed by atoms with E-state index in [2.05, 4.69) is 21.2 Å². The lowest BCUT2D eigenvalue weighted by atomic mass is 10.2. The highest BCUT2D eigenvalue weighted by Gasteiger charge is 2.20. The Balaban J connectivity index is 2.76. The van der Waals surface area contributed by atoms with Crippen molar-refractivity contribution in [2.24, 2.45) is 0 Å². The molecule has 5 nitrogen and oxygen atoms in total. The molecule has 18 heavy (non-hydrogen) atoms. The van der Waals surface area contributed by atoms with E-state index < -0.39 is 4.92 Å². The van der Waals surface area contributed by atoms with Crippen molar-refractivity contribution < 1.29 is 9.66 Å². The number of benzene rings is 1. The molecule has 1 rings (SSSR count). The van der Waals surface area contributed by atoms with Crippen LogP contribution in [0.3, 0.4) is 0 Å². The Morgan fingerprint density at radius 2 is 2.22 bits per heavy atom. The van der Waals surface area contributed by atoms with Gasteiger partial charge in [0.2, 0.25) is 0 Å². The fourth-order valence-electron chi connectivity index (χ4n) is 1.34. The summed E-state index contributed by atoms with van der Waals surface area (Å²) < 4.78 is 5.84. The Morgan fingerprint density at radius 1 is 1.56 bits per heavy atom. The molecule has 0 aromatic heterocycles. The molecule has 7 heteroatoms. The zero-order chi connectivity index (χ0) is 13.7. The molecular formula is C11H14BrClN2O3. The number of rotatable bonds is 6. The molecule has 100 valence electrons. The van der Waals surface area contributed by atoms with Crippen molar-refractivity contribution >= 4 is 38.9 Å². The van der Waals surface area contributed by atoms with Gasteiger partial charge in [0.05, 0.1) is 17.6 Å². The molecule has 0 aliphatic rings. The zero-order valence-corrected chi connectivity index (χ0v) is 12.4. The molecule has 1 aromatic carbocycles. The molecule has 0 bridgehead atoms. The summed E-state index contributed by atoms with van der Waals surface area (Å²) in [6.45, 7) is 4.82. The molecule has 0 heterocycles. The highest BCUT2D eigenvalue weighted by molar-refractivity contribution is 9.10. The lowest BCUT2D eigenvalue weighted by Crippen LogP contribution is -2.14. The molecule has 0 fully saturated rings. The molecule has 0 aliphatic carbocycles. The average Bonchev–Trinajstić information content (AvgIpc) is 2.28. The Kier molecular flexibility index (Phi) is 5.84. The number of nitrogens with one attached hydrogen (secondary N) is 1. The number of hydrogen-bond acceptors (Lipinski definition) is 4. The van der Waals surface area contributed by atoms with Gasteiger partial charge >= 0.3 is 5.69 Å². The average molecular weight is 338 g/mol. The first-order valence-electron chi connectivity index (χ1n) is 5.41. The van der Waals surface area contributed by atoms with Gasteiger partial charge in [0, 0.05) is 11.0 Å². The first-order valence-corrected chi connectivity index (χ1v) is 6.58. The Labute approximate surface area is 119 Å². The van der Waals surface area contributed by atoms with Crippen molar-refractivity contribution in [1.82, 2.24) is 0 Å². The number of nitro benzene ring substituents is 1. The van der Waals surface area contributed by atoms with Crippen molar-refractivity contribution in [3.8, 4) is 0 Å². The predicted octanol–water partition coefficient (Wildman–Crippen LogP) is 3.85. The summed E-state index contributed by atoms with van der Waals surface area (Å²) in [4.78, 5) is 10.5. The molecule has 0 saturated heterocycles. The van der Waals surface area contributed by atoms with Crippen molar-refractivity contribution in [2.75, 3.05) is 18.5 Å². The maximum atomic E-state index is 11.0. The van der Waals surface area contributed by atoms with Gasteiger partial charge in [-0.2, -0.15) is 0 Å². The molecule has 0 spiro atoms. The number of nitro groups is 1. The minimum Gasteiger partial charge on any atom is -0.377 e. The van der Waals surface area contributed by atoms with Gasteiger partial charge in [-0.15, -0.1) is 0 Å². The Bertz CT molecular complexity index is 441. The zero-order valence-electron chi connectivity index (χ0n) is 10.1. The SMILES string of the molecule is CC(C)OCCNc1ccc(Br)c(Cl)c1[N+](=O)[O-]. The van der Waals surface area contributed by atoms with Gasteiger partial charge < -0.3 is 10.1 Å². The first-order chi connectivity index (χ1) is 8.43. The largest absolute Gasteiger partial charge is 0.377 e. The van der Waals surface area contributed by atoms with Gasteiger partial charge in [0.1, 0.15) is 10.7 Å². The summed E-state index contributed by atoms with van der Waals surface area (Å²) in [6, 6.07) is 3.28. The highest BCUT2D eigenvalue weighted by atomic mass is 79.9. The Hall–Kier alpha value is -0.850. The van der Waals surface area contributed by atoms with E-state index in [0.717, 1.165) is 0 Å². The molecule has 0 unspecified atom stereocenters. The van der Waals surface area contributed by atoms with E-state index in [0.29, 0.717) is 23.3 Å². The van der Waals surface area contributed by atoms with E-state index in [9.17, 15) is 10.1 Å². The fraction of sp³-hybridized carbons (Fsp3) is 0.455. The topological polar surface area (TPSA) is 64.4 Å². The normalized spacial score (nSPS) is 10.7. The third-order valence-corrected chi connectivity index (χ3v) is 3.39. The molecule has 1 aromatic rings. The summed E-state index contributed by atoms with van der Waals surface area (Å²) in [5.41, 5.74) is 0.260. The molecule has 1 N–H and O–H groups in total. The smallest absolute Gasteiger partial charge is 0.311 e. The summed E-state index contributed by atoms with van der Waals surface area (Å²) in [5.74, 6) is 0. The van der Waals surface area contributed by atoms with Gasteiger partial charge in [-0.25, -0.2) is 0 Å². The third kappa shape index (κ3) is 4.12. The maximum Gasteiger partial charge on any atom is 0.311 e. The summed E-state index contributed by atoms with van der Waals surface area (Å²) in [5, 5.41) is 14.0. The van der Waals surface area contributed by atoms with E-state index in [1.54, 1.807) is 12.1 Å². The lowest BCUT2D eigenvalue weighted by molar-refractivity contribution is -0.383. The molecule has 0 atom stereocenters. The van der Waals surface area contributed by atoms with Gasteiger partial charge in [-0.1, -0.05) is 11.6 Å². The van der Waals surface area contributed by atoms with Crippen LogP contribution in [0.25, 0.3) is 0 Å². The van der Waals surface area contributed by atoms with Crippen LogP contribution >= 0.6 is 27.5 Å². The quantitative estimate of drug-likeness (QED) is 0.486. The van der Waals surface area contributed by atoms with Crippen LogP contribution < -0.4 is 5.32 Å². The van der Waals surface area contributed by atoms with Gasteiger partial charge in [0.15, 0.2) is 0 Å². The van der Waals surface area contributed by atoms with Crippen LogP contribution in [0.15, 0.2) is 16.6 Å². The predicted molar refractivity (Wildman–Crippen MR) is 75.4 cm³/mol. The lowest BCUT2D eigenvalue weighted by Gasteiger charge is -2.10. The second-order valence-electron chi connectivity index (χ2n) is 3.86. The van der Waals surface area contributed by atoms with Crippen molar-refractivity contribution in [2.45, 2.75) is 20.0 Å². The number of halogens is 2. The standard InChI is InChI=1S/C11H14BrClN2O3/c1-7(2)18-6-5-14-9-4-3-8(12)10(13)11(9)15(16)17/h3-4,7,14H,5-6H2,1-2H3. The molecule has 0 saturated carbocycles. The second-order valence-corrected chi connectivity index (χ2v) is 5.09. The van der Waals surface area contributed by atoms with E-state index in [1.165, 1.54) is 0 Å². The number of anilines is 1. The van der Waals surface area contributed by atoms with Crippen molar-refractivity contribution in [3.63, 3.8) is 0 Å². The van der Waals surface area contributed by atoms with Crippen LogP contribution in [0.4, 0.5) is 11.4 Å². The van der Waals surface area contributed by atoms with Crippen molar-refractivity contribution in [1.29, 1.82) is 0 Å². The molecular weight excluding hydrogens is 323 g/mol. The van der Waals surface area contributed by atoms with E-state index >= 15 is 0 Å². The maximum absolute atomic E-state index is 11.0. The van der Waals surface area contributed by atoms with Crippen molar-refractivity contribution in [3.05, 3.63) is 31.7 Å². The summed E-state index contributed by atoms with van der Waals surface area (Å²) in [6.07, 6.45) is 0.135.